The Kier molecular flexibility index (Phi) is 9.39. The Morgan fingerprint density at radius 2 is 1.68 bits per heavy atom. The van der Waals surface area contributed by atoms with Crippen molar-refractivity contribution in [1.29, 1.82) is 0 Å². The minimum absolute atomic E-state index is 0.114. The zero-order chi connectivity index (χ0) is 27.9. The van der Waals surface area contributed by atoms with Gasteiger partial charge in [-0.1, -0.05) is 46.2 Å². The van der Waals surface area contributed by atoms with E-state index >= 15 is 0 Å². The van der Waals surface area contributed by atoms with Crippen molar-refractivity contribution in [3.8, 4) is 17.2 Å². The third-order valence-corrected chi connectivity index (χ3v) is 6.00. The van der Waals surface area contributed by atoms with Crippen LogP contribution in [0.1, 0.15) is 51.8 Å². The summed E-state index contributed by atoms with van der Waals surface area (Å²) in [5, 5.41) is 10.6. The van der Waals surface area contributed by atoms with Crippen LogP contribution < -0.4 is 20.1 Å². The summed E-state index contributed by atoms with van der Waals surface area (Å²) >= 11 is 0. The van der Waals surface area contributed by atoms with Gasteiger partial charge in [0.2, 0.25) is 5.91 Å². The molecule has 0 bridgehead atoms. The molecule has 1 heterocycles. The molecule has 0 aliphatic heterocycles. The number of anilines is 2. The van der Waals surface area contributed by atoms with Crippen LogP contribution in [0.15, 0.2) is 48.5 Å². The highest BCUT2D eigenvalue weighted by Crippen LogP contribution is 2.27. The summed E-state index contributed by atoms with van der Waals surface area (Å²) in [5.74, 6) is 1.35. The van der Waals surface area contributed by atoms with Crippen molar-refractivity contribution in [3.05, 3.63) is 59.8 Å². The third-order valence-electron chi connectivity index (χ3n) is 6.00. The van der Waals surface area contributed by atoms with E-state index in [1.54, 1.807) is 37.1 Å². The van der Waals surface area contributed by atoms with Crippen LogP contribution in [0.2, 0.25) is 0 Å². The Bertz CT molecular complexity index is 1240. The lowest BCUT2D eigenvalue weighted by Gasteiger charge is -2.23. The van der Waals surface area contributed by atoms with Crippen molar-refractivity contribution >= 4 is 23.4 Å². The molecular formula is C29H39N5O4. The number of unbranched alkanes of at least 4 members (excludes halogenated alkanes) is 1. The summed E-state index contributed by atoms with van der Waals surface area (Å²) in [4.78, 5) is 27.9. The highest BCUT2D eigenvalue weighted by atomic mass is 16.5. The molecule has 0 aliphatic rings. The molecule has 0 spiro atoms. The Morgan fingerprint density at radius 1 is 1.00 bits per heavy atom. The molecular weight excluding hydrogens is 482 g/mol. The molecule has 0 aliphatic carbocycles. The van der Waals surface area contributed by atoms with Crippen LogP contribution in [0, 0.1) is 6.92 Å². The van der Waals surface area contributed by atoms with Crippen LogP contribution in [-0.4, -0.2) is 53.9 Å². The van der Waals surface area contributed by atoms with Gasteiger partial charge in [0, 0.05) is 41.9 Å². The molecule has 1 aromatic heterocycles. The van der Waals surface area contributed by atoms with Crippen molar-refractivity contribution in [1.82, 2.24) is 14.7 Å². The summed E-state index contributed by atoms with van der Waals surface area (Å²) < 4.78 is 12.3. The Hall–Kier alpha value is -4.01. The number of urea groups is 1. The Labute approximate surface area is 225 Å². The van der Waals surface area contributed by atoms with E-state index in [9.17, 15) is 9.59 Å². The maximum atomic E-state index is 13.2. The van der Waals surface area contributed by atoms with Crippen LogP contribution in [0.25, 0.3) is 5.69 Å². The minimum Gasteiger partial charge on any atom is -0.497 e. The first-order chi connectivity index (χ1) is 18.0. The lowest BCUT2D eigenvalue weighted by Crippen LogP contribution is -2.41. The molecule has 2 aromatic carbocycles. The number of nitrogens with zero attached hydrogens (tertiary/aromatic N) is 3. The summed E-state index contributed by atoms with van der Waals surface area (Å²) in [7, 11) is 3.09. The van der Waals surface area contributed by atoms with Crippen LogP contribution in [0.4, 0.5) is 16.3 Å². The van der Waals surface area contributed by atoms with Crippen molar-refractivity contribution in [2.24, 2.45) is 0 Å². The van der Waals surface area contributed by atoms with E-state index in [2.05, 4.69) is 31.4 Å². The van der Waals surface area contributed by atoms with Gasteiger partial charge in [0.15, 0.2) is 0 Å². The van der Waals surface area contributed by atoms with Gasteiger partial charge >= 0.3 is 6.03 Å². The van der Waals surface area contributed by atoms with Gasteiger partial charge < -0.3 is 25.0 Å². The molecule has 0 saturated heterocycles. The molecule has 3 amide bonds. The lowest BCUT2D eigenvalue weighted by molar-refractivity contribution is -0.116. The quantitative estimate of drug-likeness (QED) is 0.353. The molecule has 9 heteroatoms. The van der Waals surface area contributed by atoms with Gasteiger partial charge in [0.25, 0.3) is 0 Å². The third kappa shape index (κ3) is 7.50. The zero-order valence-electron chi connectivity index (χ0n) is 23.4. The number of ether oxygens (including phenoxy) is 2. The van der Waals surface area contributed by atoms with Crippen LogP contribution in [0.3, 0.4) is 0 Å². The van der Waals surface area contributed by atoms with Crippen molar-refractivity contribution < 1.29 is 19.1 Å². The minimum atomic E-state index is -0.383. The first kappa shape index (κ1) is 28.6. The molecule has 3 aromatic rings. The van der Waals surface area contributed by atoms with E-state index in [1.165, 1.54) is 4.90 Å². The number of methoxy groups -OCH3 is 2. The summed E-state index contributed by atoms with van der Waals surface area (Å²) in [6.45, 7) is 10.6. The molecule has 2 N–H and O–H groups in total. The first-order valence-corrected chi connectivity index (χ1v) is 12.8. The highest BCUT2D eigenvalue weighted by molar-refractivity contribution is 5.97. The fraction of sp³-hybridized carbons (Fsp3) is 0.414. The lowest BCUT2D eigenvalue weighted by atomic mass is 9.92. The Balaban J connectivity index is 1.82. The SMILES string of the molecule is CCCCN(CC(=O)Nc1cc(C(C)(C)C)nn1-c1cccc(C)c1)C(=O)Nc1cc(OC)cc(OC)c1. The average Bonchev–Trinajstić information content (AvgIpc) is 3.30. The summed E-state index contributed by atoms with van der Waals surface area (Å²) in [6, 6.07) is 14.6. The molecule has 9 nitrogen and oxygen atoms in total. The molecule has 0 radical (unpaired) electrons. The number of aromatic nitrogens is 2. The van der Waals surface area contributed by atoms with Gasteiger partial charge in [-0.05, 0) is 31.0 Å². The monoisotopic (exact) mass is 521 g/mol. The van der Waals surface area contributed by atoms with E-state index in [4.69, 9.17) is 14.6 Å². The van der Waals surface area contributed by atoms with Crippen LogP contribution in [-0.2, 0) is 10.2 Å². The van der Waals surface area contributed by atoms with E-state index in [0.717, 1.165) is 29.8 Å². The van der Waals surface area contributed by atoms with E-state index in [1.807, 2.05) is 44.2 Å². The fourth-order valence-electron chi connectivity index (χ4n) is 3.83. The molecule has 0 unspecified atom stereocenters. The van der Waals surface area contributed by atoms with Gasteiger partial charge in [-0.2, -0.15) is 5.10 Å². The normalized spacial score (nSPS) is 11.1. The van der Waals surface area contributed by atoms with E-state index in [0.29, 0.717) is 29.5 Å². The topological polar surface area (TPSA) is 97.7 Å². The second-order valence-electron chi connectivity index (χ2n) is 10.3. The van der Waals surface area contributed by atoms with Gasteiger partial charge in [0.05, 0.1) is 25.6 Å². The largest absolute Gasteiger partial charge is 0.497 e. The number of hydrogen-bond acceptors (Lipinski definition) is 5. The van der Waals surface area contributed by atoms with Gasteiger partial charge in [0.1, 0.15) is 23.9 Å². The maximum Gasteiger partial charge on any atom is 0.322 e. The molecule has 38 heavy (non-hydrogen) atoms. The van der Waals surface area contributed by atoms with Gasteiger partial charge in [-0.25, -0.2) is 9.48 Å². The number of benzene rings is 2. The summed E-state index contributed by atoms with van der Waals surface area (Å²) in [6.07, 6.45) is 1.64. The first-order valence-electron chi connectivity index (χ1n) is 12.8. The maximum absolute atomic E-state index is 13.2. The number of amides is 3. The number of hydrogen-bond donors (Lipinski definition) is 2. The van der Waals surface area contributed by atoms with E-state index in [-0.39, 0.29) is 23.9 Å². The van der Waals surface area contributed by atoms with Crippen LogP contribution in [0.5, 0.6) is 11.5 Å². The Morgan fingerprint density at radius 3 is 2.26 bits per heavy atom. The van der Waals surface area contributed by atoms with Crippen LogP contribution >= 0.6 is 0 Å². The summed E-state index contributed by atoms with van der Waals surface area (Å²) in [5.41, 5.74) is 3.09. The number of rotatable bonds is 10. The molecule has 0 atom stereocenters. The van der Waals surface area contributed by atoms with E-state index < -0.39 is 0 Å². The fourth-order valence-corrected chi connectivity index (χ4v) is 3.83. The number of carbonyl (C=O) groups is 2. The van der Waals surface area contributed by atoms with Crippen molar-refractivity contribution in [2.75, 3.05) is 37.9 Å². The number of nitrogens with one attached hydrogen (secondary N) is 2. The predicted octanol–water partition coefficient (Wildman–Crippen LogP) is 5.77. The van der Waals surface area contributed by atoms with Gasteiger partial charge in [-0.15, -0.1) is 0 Å². The molecule has 204 valence electrons. The second kappa shape index (κ2) is 12.5. The van der Waals surface area contributed by atoms with Crippen molar-refractivity contribution in [2.45, 2.75) is 52.9 Å². The highest BCUT2D eigenvalue weighted by Gasteiger charge is 2.23. The smallest absolute Gasteiger partial charge is 0.322 e. The second-order valence-corrected chi connectivity index (χ2v) is 10.3. The molecule has 0 saturated carbocycles. The number of carbonyl (C=O) groups excluding carboxylic acids is 2. The molecule has 0 fully saturated rings. The zero-order valence-corrected chi connectivity index (χ0v) is 23.4. The molecule has 3 rings (SSSR count). The average molecular weight is 522 g/mol. The standard InChI is InChI=1S/C29H39N5O4/c1-8-9-13-33(28(36)30-21-15-23(37-6)17-24(16-21)38-7)19-27(35)31-26-18-25(29(3,4)5)32-34(26)22-12-10-11-20(2)14-22/h10-12,14-18H,8-9,13,19H2,1-7H3,(H,30,36)(H,31,35). The predicted molar refractivity (Wildman–Crippen MR) is 151 cm³/mol. The number of aryl methyl sites for hydroxylation is 1. The van der Waals surface area contributed by atoms with Crippen molar-refractivity contribution in [3.63, 3.8) is 0 Å². The van der Waals surface area contributed by atoms with Gasteiger partial charge in [-0.3, -0.25) is 4.79 Å².